The highest BCUT2D eigenvalue weighted by Gasteiger charge is 2.07. The summed E-state index contributed by atoms with van der Waals surface area (Å²) in [6, 6.07) is 1.70. The molecule has 7 heteroatoms. The molecule has 2 rings (SSSR count). The lowest BCUT2D eigenvalue weighted by atomic mass is 10.4. The van der Waals surface area contributed by atoms with Crippen LogP contribution in [0.15, 0.2) is 23.4 Å². The van der Waals surface area contributed by atoms with Gasteiger partial charge in [0.1, 0.15) is 5.15 Å². The predicted molar refractivity (Wildman–Crippen MR) is 62.4 cm³/mol. The number of aromatic nitrogens is 4. The Hall–Kier alpha value is -1.82. The van der Waals surface area contributed by atoms with Crippen molar-refractivity contribution in [1.82, 2.24) is 19.3 Å². The Morgan fingerprint density at radius 2 is 2.29 bits per heavy atom. The molecular weight excluding hydrogens is 244 g/mol. The van der Waals surface area contributed by atoms with Crippen LogP contribution in [0.25, 0.3) is 0 Å². The molecule has 0 aromatic carbocycles. The third kappa shape index (κ3) is 2.31. The summed E-state index contributed by atoms with van der Waals surface area (Å²) < 4.78 is 7.86. The zero-order valence-corrected chi connectivity index (χ0v) is 10.2. The summed E-state index contributed by atoms with van der Waals surface area (Å²) >= 11 is 5.87. The van der Waals surface area contributed by atoms with E-state index in [0.717, 1.165) is 0 Å². The van der Waals surface area contributed by atoms with Crippen LogP contribution in [0, 0.1) is 0 Å². The quantitative estimate of drug-likeness (QED) is 0.808. The van der Waals surface area contributed by atoms with Crippen molar-refractivity contribution in [2.75, 3.05) is 7.11 Å². The number of methoxy groups -OCH3 is 1. The van der Waals surface area contributed by atoms with Crippen LogP contribution in [0.2, 0.25) is 5.15 Å². The Morgan fingerprint density at radius 1 is 1.53 bits per heavy atom. The molecule has 0 amide bonds. The molecule has 0 unspecified atom stereocenters. The van der Waals surface area contributed by atoms with E-state index < -0.39 is 0 Å². The van der Waals surface area contributed by atoms with Gasteiger partial charge in [0.25, 0.3) is 5.56 Å². The van der Waals surface area contributed by atoms with Crippen LogP contribution in [-0.2, 0) is 13.6 Å². The third-order valence-electron chi connectivity index (χ3n) is 2.30. The number of nitrogens with zero attached hydrogens (tertiary/aromatic N) is 4. The predicted octanol–water partition coefficient (Wildman–Crippen LogP) is 0.687. The van der Waals surface area contributed by atoms with Gasteiger partial charge in [-0.15, -0.1) is 0 Å². The first kappa shape index (κ1) is 11.7. The highest BCUT2D eigenvalue weighted by atomic mass is 35.5. The molecule has 0 aliphatic heterocycles. The summed E-state index contributed by atoms with van der Waals surface area (Å²) in [5, 5.41) is 4.68. The second kappa shape index (κ2) is 4.58. The minimum absolute atomic E-state index is 0.203. The molecule has 0 aliphatic carbocycles. The largest absolute Gasteiger partial charge is 0.490 e. The molecule has 0 spiro atoms. The Balaban J connectivity index is 2.33. The summed E-state index contributed by atoms with van der Waals surface area (Å²) in [7, 11) is 3.17. The van der Waals surface area contributed by atoms with Gasteiger partial charge in [-0.3, -0.25) is 14.0 Å². The molecule has 90 valence electrons. The van der Waals surface area contributed by atoms with Gasteiger partial charge < -0.3 is 4.74 Å². The summed E-state index contributed by atoms with van der Waals surface area (Å²) in [5.41, 5.74) is 0.443. The standard InChI is InChI=1S/C10H11ClN4O2/c1-14-9(11)3-7(13-14)5-15-6-12-4-8(17-2)10(15)16/h3-4,6H,5H2,1-2H3. The maximum atomic E-state index is 11.8. The maximum absolute atomic E-state index is 11.8. The average Bonchev–Trinajstić information content (AvgIpc) is 2.61. The second-order valence-electron chi connectivity index (χ2n) is 3.48. The molecule has 2 aromatic heterocycles. The number of halogens is 1. The molecule has 0 atom stereocenters. The molecule has 0 fully saturated rings. The molecule has 0 saturated carbocycles. The van der Waals surface area contributed by atoms with Crippen LogP contribution >= 0.6 is 11.6 Å². The molecule has 0 aliphatic rings. The topological polar surface area (TPSA) is 61.9 Å². The third-order valence-corrected chi connectivity index (χ3v) is 2.65. The lowest BCUT2D eigenvalue weighted by Gasteiger charge is -2.04. The molecule has 2 heterocycles. The van der Waals surface area contributed by atoms with Crippen LogP contribution in [0.4, 0.5) is 0 Å². The van der Waals surface area contributed by atoms with Crippen LogP contribution in [0.5, 0.6) is 5.75 Å². The fraction of sp³-hybridized carbons (Fsp3) is 0.300. The maximum Gasteiger partial charge on any atom is 0.296 e. The fourth-order valence-electron chi connectivity index (χ4n) is 1.44. The fourth-order valence-corrected chi connectivity index (χ4v) is 1.60. The Morgan fingerprint density at radius 3 is 2.88 bits per heavy atom. The highest BCUT2D eigenvalue weighted by molar-refractivity contribution is 6.29. The van der Waals surface area contributed by atoms with Crippen molar-refractivity contribution in [3.05, 3.63) is 39.8 Å². The van der Waals surface area contributed by atoms with Crippen molar-refractivity contribution in [3.8, 4) is 5.75 Å². The second-order valence-corrected chi connectivity index (χ2v) is 3.86. The van der Waals surface area contributed by atoms with Crippen molar-refractivity contribution in [2.24, 2.45) is 7.05 Å². The lowest BCUT2D eigenvalue weighted by Crippen LogP contribution is -2.22. The SMILES string of the molecule is COc1cncn(Cc2cc(Cl)n(C)n2)c1=O. The number of aryl methyl sites for hydroxylation is 1. The van der Waals surface area contributed by atoms with E-state index in [-0.39, 0.29) is 11.3 Å². The summed E-state index contributed by atoms with van der Waals surface area (Å²) in [6.07, 6.45) is 2.82. The molecule has 0 bridgehead atoms. The van der Waals surface area contributed by atoms with E-state index in [1.165, 1.54) is 28.9 Å². The average molecular weight is 255 g/mol. The normalized spacial score (nSPS) is 10.5. The van der Waals surface area contributed by atoms with Crippen LogP contribution < -0.4 is 10.3 Å². The van der Waals surface area contributed by atoms with E-state index in [1.807, 2.05) is 0 Å². The van der Waals surface area contributed by atoms with Crippen LogP contribution in [0.3, 0.4) is 0 Å². The van der Waals surface area contributed by atoms with Gasteiger partial charge in [-0.1, -0.05) is 11.6 Å². The van der Waals surface area contributed by atoms with E-state index in [4.69, 9.17) is 16.3 Å². The van der Waals surface area contributed by atoms with E-state index >= 15 is 0 Å². The Kier molecular flexibility index (Phi) is 3.14. The minimum Gasteiger partial charge on any atom is -0.490 e. The number of rotatable bonds is 3. The van der Waals surface area contributed by atoms with Gasteiger partial charge in [-0.05, 0) is 0 Å². The Labute approximate surface area is 102 Å². The molecule has 0 radical (unpaired) electrons. The van der Waals surface area contributed by atoms with Crippen molar-refractivity contribution < 1.29 is 4.74 Å². The van der Waals surface area contributed by atoms with Crippen molar-refractivity contribution >= 4 is 11.6 Å². The van der Waals surface area contributed by atoms with Gasteiger partial charge in [-0.2, -0.15) is 5.10 Å². The van der Waals surface area contributed by atoms with Crippen LogP contribution in [-0.4, -0.2) is 26.4 Å². The first-order valence-corrected chi connectivity index (χ1v) is 5.26. The smallest absolute Gasteiger partial charge is 0.296 e. The summed E-state index contributed by atoms with van der Waals surface area (Å²) in [4.78, 5) is 15.7. The zero-order chi connectivity index (χ0) is 12.4. The van der Waals surface area contributed by atoms with Crippen molar-refractivity contribution in [3.63, 3.8) is 0 Å². The molecular formula is C10H11ClN4O2. The van der Waals surface area contributed by atoms with Gasteiger partial charge in [0.15, 0.2) is 0 Å². The first-order valence-electron chi connectivity index (χ1n) is 4.88. The molecule has 2 aromatic rings. The van der Waals surface area contributed by atoms with Crippen molar-refractivity contribution in [1.29, 1.82) is 0 Å². The number of ether oxygens (including phenoxy) is 1. The summed E-state index contributed by atoms with van der Waals surface area (Å²) in [6.45, 7) is 0.309. The van der Waals surface area contributed by atoms with E-state index in [9.17, 15) is 4.79 Å². The van der Waals surface area contributed by atoms with Crippen LogP contribution in [0.1, 0.15) is 5.69 Å². The van der Waals surface area contributed by atoms with E-state index in [2.05, 4.69) is 10.1 Å². The highest BCUT2D eigenvalue weighted by Crippen LogP contribution is 2.10. The molecule has 17 heavy (non-hydrogen) atoms. The van der Waals surface area contributed by atoms with Gasteiger partial charge in [0.05, 0.1) is 31.9 Å². The molecule has 0 saturated heterocycles. The van der Waals surface area contributed by atoms with Gasteiger partial charge >= 0.3 is 0 Å². The zero-order valence-electron chi connectivity index (χ0n) is 9.42. The van der Waals surface area contributed by atoms with Crippen molar-refractivity contribution in [2.45, 2.75) is 6.54 Å². The first-order chi connectivity index (χ1) is 8.11. The minimum atomic E-state index is -0.246. The molecule has 6 nitrogen and oxygen atoms in total. The van der Waals surface area contributed by atoms with E-state index in [0.29, 0.717) is 17.4 Å². The van der Waals surface area contributed by atoms with Gasteiger partial charge in [0, 0.05) is 13.1 Å². The lowest BCUT2D eigenvalue weighted by molar-refractivity contribution is 0.400. The van der Waals surface area contributed by atoms with E-state index in [1.54, 1.807) is 13.1 Å². The van der Waals surface area contributed by atoms with Gasteiger partial charge in [-0.25, -0.2) is 4.98 Å². The Bertz CT molecular complexity index is 571. The number of hydrogen-bond donors (Lipinski definition) is 0. The monoisotopic (exact) mass is 254 g/mol. The number of hydrogen-bond acceptors (Lipinski definition) is 4. The summed E-state index contributed by atoms with van der Waals surface area (Å²) in [5.74, 6) is 0.203. The van der Waals surface area contributed by atoms with Gasteiger partial charge in [0.2, 0.25) is 5.75 Å². The molecule has 0 N–H and O–H groups in total.